The number of para-hydroxylation sites is 1. The number of carbonyl (C=O) groups excluding carboxylic acids is 3. The molecule has 0 N–H and O–H groups in total. The van der Waals surface area contributed by atoms with Crippen molar-refractivity contribution >= 4 is 39.9 Å². The number of halogens is 1. The van der Waals surface area contributed by atoms with Crippen LogP contribution in [0.4, 0.5) is 15.8 Å². The minimum absolute atomic E-state index is 0.138. The highest BCUT2D eigenvalue weighted by atomic mass is 19.1. The number of hydrogen-bond donors (Lipinski definition) is 0. The van der Waals surface area contributed by atoms with Gasteiger partial charge >= 0.3 is 5.97 Å². The molecule has 5 aromatic rings. The first kappa shape index (κ1) is 27.3. The smallest absolute Gasteiger partial charge is 0.343 e. The number of fused-ring (bicyclic) bond motifs is 2. The van der Waals surface area contributed by atoms with E-state index in [1.807, 2.05) is 66.7 Å². The second kappa shape index (κ2) is 10.9. The molecule has 2 aliphatic rings. The van der Waals surface area contributed by atoms with E-state index in [2.05, 4.69) is 0 Å². The molecule has 2 fully saturated rings. The number of methoxy groups -OCH3 is 1. The van der Waals surface area contributed by atoms with Gasteiger partial charge in [-0.2, -0.15) is 0 Å². The van der Waals surface area contributed by atoms with Crippen LogP contribution in [0, 0.1) is 11.7 Å². The van der Waals surface area contributed by atoms with Gasteiger partial charge in [-0.1, -0.05) is 60.7 Å². The monoisotopic (exact) mass is 588 g/mol. The number of nitrogens with zero attached hydrogens (tertiary/aromatic N) is 2. The van der Waals surface area contributed by atoms with Crippen LogP contribution in [0.2, 0.25) is 0 Å². The van der Waals surface area contributed by atoms with Gasteiger partial charge in [0.05, 0.1) is 30.1 Å². The largest absolute Gasteiger partial charge is 0.493 e. The molecule has 0 spiro atoms. The van der Waals surface area contributed by atoms with Crippen LogP contribution in [-0.2, 0) is 14.4 Å². The summed E-state index contributed by atoms with van der Waals surface area (Å²) in [6, 6.07) is 31.5. The minimum Gasteiger partial charge on any atom is -0.493 e. The number of carbonyl (C=O) groups is 3. The number of rotatable bonds is 6. The first-order valence-corrected chi connectivity index (χ1v) is 14.0. The third-order valence-corrected chi connectivity index (χ3v) is 7.95. The SMILES string of the molecule is COc1cc([C@@H]2[C@H]3C(=O)N(c4cccc5ccccc45)C(=O)[C@@H]3ON2c2ccccc2)ccc1OC(=O)c1ccc(F)cc1. The first-order chi connectivity index (χ1) is 21.4. The lowest BCUT2D eigenvalue weighted by atomic mass is 9.90. The average Bonchev–Trinajstić information content (AvgIpc) is 3.57. The number of amides is 2. The van der Waals surface area contributed by atoms with Gasteiger partial charge < -0.3 is 9.47 Å². The standard InChI is InChI=1S/C35H25FN2O6/c1-42-29-20-23(16-19-28(29)43-35(41)22-14-17-24(36)18-15-22)31-30-32(44-38(31)25-10-3-2-4-11-25)34(40)37(33(30)39)27-13-7-9-21-8-5-6-12-26(21)27/h2-20,30-32H,1H3/t30-,31-,32-/m1/s1. The topological polar surface area (TPSA) is 85.4 Å². The Bertz CT molecular complexity index is 1910. The van der Waals surface area contributed by atoms with Crippen molar-refractivity contribution in [1.82, 2.24) is 0 Å². The van der Waals surface area contributed by atoms with Crippen LogP contribution in [0.25, 0.3) is 10.8 Å². The van der Waals surface area contributed by atoms with E-state index in [9.17, 15) is 18.8 Å². The molecule has 44 heavy (non-hydrogen) atoms. The summed E-state index contributed by atoms with van der Waals surface area (Å²) >= 11 is 0. The highest BCUT2D eigenvalue weighted by Crippen LogP contribution is 2.49. The van der Waals surface area contributed by atoms with Crippen molar-refractivity contribution in [2.45, 2.75) is 12.1 Å². The predicted molar refractivity (Wildman–Crippen MR) is 161 cm³/mol. The maximum atomic E-state index is 14.2. The molecule has 2 amide bonds. The van der Waals surface area contributed by atoms with Crippen LogP contribution in [0.5, 0.6) is 11.5 Å². The zero-order valence-corrected chi connectivity index (χ0v) is 23.4. The van der Waals surface area contributed by atoms with Crippen molar-refractivity contribution in [3.05, 3.63) is 132 Å². The molecule has 2 saturated heterocycles. The molecule has 2 heterocycles. The summed E-state index contributed by atoms with van der Waals surface area (Å²) in [4.78, 5) is 48.4. The first-order valence-electron chi connectivity index (χ1n) is 14.0. The van der Waals surface area contributed by atoms with E-state index < -0.39 is 35.8 Å². The molecule has 0 bridgehead atoms. The average molecular weight is 589 g/mol. The molecule has 3 atom stereocenters. The Morgan fingerprint density at radius 1 is 0.795 bits per heavy atom. The van der Waals surface area contributed by atoms with Gasteiger partial charge in [0.1, 0.15) is 11.7 Å². The number of benzene rings is 5. The third kappa shape index (κ3) is 4.54. The summed E-state index contributed by atoms with van der Waals surface area (Å²) in [5.74, 6) is -2.49. The third-order valence-electron chi connectivity index (χ3n) is 7.95. The number of imide groups is 1. The van der Waals surface area contributed by atoms with Gasteiger partial charge in [-0.05, 0) is 65.5 Å². The van der Waals surface area contributed by atoms with Gasteiger partial charge in [0.25, 0.3) is 5.91 Å². The zero-order chi connectivity index (χ0) is 30.4. The van der Waals surface area contributed by atoms with Crippen molar-refractivity contribution in [2.75, 3.05) is 17.1 Å². The normalized spacial score (nSPS) is 19.4. The van der Waals surface area contributed by atoms with E-state index in [-0.39, 0.29) is 23.0 Å². The lowest BCUT2D eigenvalue weighted by Gasteiger charge is -2.29. The van der Waals surface area contributed by atoms with Gasteiger partial charge in [-0.25, -0.2) is 19.1 Å². The summed E-state index contributed by atoms with van der Waals surface area (Å²) in [5, 5.41) is 3.27. The number of anilines is 2. The fourth-order valence-electron chi connectivity index (χ4n) is 5.89. The minimum atomic E-state index is -1.06. The molecule has 0 aliphatic carbocycles. The van der Waals surface area contributed by atoms with E-state index >= 15 is 0 Å². The van der Waals surface area contributed by atoms with E-state index in [4.69, 9.17) is 14.3 Å². The van der Waals surface area contributed by atoms with Crippen LogP contribution >= 0.6 is 0 Å². The molecule has 8 nitrogen and oxygen atoms in total. The summed E-state index contributed by atoms with van der Waals surface area (Å²) < 4.78 is 24.5. The number of hydroxylamine groups is 1. The van der Waals surface area contributed by atoms with E-state index in [0.717, 1.165) is 10.8 Å². The Balaban J connectivity index is 1.27. The molecule has 0 saturated carbocycles. The molecule has 0 aromatic heterocycles. The predicted octanol–water partition coefficient (Wildman–Crippen LogP) is 6.26. The maximum absolute atomic E-state index is 14.2. The fourth-order valence-corrected chi connectivity index (χ4v) is 5.89. The number of esters is 1. The van der Waals surface area contributed by atoms with Gasteiger partial charge in [0, 0.05) is 5.39 Å². The van der Waals surface area contributed by atoms with Gasteiger partial charge in [-0.3, -0.25) is 14.4 Å². The van der Waals surface area contributed by atoms with E-state index in [0.29, 0.717) is 16.9 Å². The molecule has 5 aromatic carbocycles. The Morgan fingerprint density at radius 3 is 2.30 bits per heavy atom. The van der Waals surface area contributed by atoms with Crippen molar-refractivity contribution in [3.8, 4) is 11.5 Å². The van der Waals surface area contributed by atoms with Crippen molar-refractivity contribution < 1.29 is 33.1 Å². The lowest BCUT2D eigenvalue weighted by Crippen LogP contribution is -2.37. The quantitative estimate of drug-likeness (QED) is 0.132. The number of hydrogen-bond acceptors (Lipinski definition) is 7. The molecule has 0 unspecified atom stereocenters. The summed E-state index contributed by atoms with van der Waals surface area (Å²) in [7, 11) is 1.43. The van der Waals surface area contributed by atoms with Crippen molar-refractivity contribution in [2.24, 2.45) is 5.92 Å². The van der Waals surface area contributed by atoms with Crippen LogP contribution in [0.3, 0.4) is 0 Å². The van der Waals surface area contributed by atoms with Crippen LogP contribution in [-0.4, -0.2) is 31.0 Å². The highest BCUT2D eigenvalue weighted by Gasteiger charge is 2.60. The second-order valence-corrected chi connectivity index (χ2v) is 10.5. The Kier molecular flexibility index (Phi) is 6.79. The lowest BCUT2D eigenvalue weighted by molar-refractivity contribution is -0.126. The zero-order valence-electron chi connectivity index (χ0n) is 23.4. The maximum Gasteiger partial charge on any atom is 0.343 e. The highest BCUT2D eigenvalue weighted by molar-refractivity contribution is 6.26. The summed E-state index contributed by atoms with van der Waals surface area (Å²) in [6.45, 7) is 0. The molecule has 7 rings (SSSR count). The Labute approximate surface area is 251 Å². The molecule has 0 radical (unpaired) electrons. The van der Waals surface area contributed by atoms with Crippen molar-refractivity contribution in [1.29, 1.82) is 0 Å². The van der Waals surface area contributed by atoms with Crippen LogP contribution < -0.4 is 19.4 Å². The second-order valence-electron chi connectivity index (χ2n) is 10.5. The van der Waals surface area contributed by atoms with Crippen molar-refractivity contribution in [3.63, 3.8) is 0 Å². The van der Waals surface area contributed by atoms with Crippen LogP contribution in [0.15, 0.2) is 115 Å². The Morgan fingerprint density at radius 2 is 1.52 bits per heavy atom. The van der Waals surface area contributed by atoms with Crippen LogP contribution in [0.1, 0.15) is 22.0 Å². The summed E-state index contributed by atoms with van der Waals surface area (Å²) in [5.41, 5.74) is 1.95. The fraction of sp³-hybridized carbons (Fsp3) is 0.114. The molecular formula is C35H25FN2O6. The Hall–Kier alpha value is -5.54. The molecule has 2 aliphatic heterocycles. The molecular weight excluding hydrogens is 563 g/mol. The van der Waals surface area contributed by atoms with Gasteiger partial charge in [0.2, 0.25) is 5.91 Å². The van der Waals surface area contributed by atoms with Gasteiger partial charge in [0.15, 0.2) is 17.6 Å². The number of ether oxygens (including phenoxy) is 2. The molecule has 218 valence electrons. The van der Waals surface area contributed by atoms with Gasteiger partial charge in [-0.15, -0.1) is 0 Å². The van der Waals surface area contributed by atoms with E-state index in [1.54, 1.807) is 29.3 Å². The summed E-state index contributed by atoms with van der Waals surface area (Å²) in [6.07, 6.45) is -1.06. The molecule has 9 heteroatoms. The van der Waals surface area contributed by atoms with E-state index in [1.165, 1.54) is 36.3 Å².